The molecule has 5 nitrogen and oxygen atoms in total. The minimum Gasteiger partial charge on any atom is -0.481 e. The summed E-state index contributed by atoms with van der Waals surface area (Å²) in [4.78, 5) is 25.3. The number of carboxylic acid groups (broad SMARTS) is 1. The van der Waals surface area contributed by atoms with E-state index in [0.717, 1.165) is 6.42 Å². The Morgan fingerprint density at radius 3 is 2.75 bits per heavy atom. The molecule has 1 aromatic carbocycles. The molecular formula is C14H15FN2O3. The standard InChI is InChI=1S/C14H15FN2O3/c15-10-3-1-2-8(12(10)16)13(18)17-7-4-5-11(17)9(6-7)14(19)20/h1-3,7,9,11H,4-6,16H2,(H,19,20). The quantitative estimate of drug-likeness (QED) is 0.803. The lowest BCUT2D eigenvalue weighted by Crippen LogP contribution is -2.38. The van der Waals surface area contributed by atoms with Crippen LogP contribution in [0, 0.1) is 11.7 Å². The second-order valence-electron chi connectivity index (χ2n) is 5.39. The van der Waals surface area contributed by atoms with E-state index in [9.17, 15) is 19.1 Å². The fraction of sp³-hybridized carbons (Fsp3) is 0.429. The number of nitrogens with two attached hydrogens (primary N) is 1. The lowest BCUT2D eigenvalue weighted by molar-refractivity contribution is -0.142. The van der Waals surface area contributed by atoms with Crippen molar-refractivity contribution in [3.8, 4) is 0 Å². The average molecular weight is 278 g/mol. The number of nitrogen functional groups attached to an aromatic ring is 1. The predicted molar refractivity (Wildman–Crippen MR) is 69.5 cm³/mol. The van der Waals surface area contributed by atoms with Crippen molar-refractivity contribution in [1.82, 2.24) is 4.90 Å². The van der Waals surface area contributed by atoms with Gasteiger partial charge in [0.2, 0.25) is 0 Å². The van der Waals surface area contributed by atoms with Gasteiger partial charge < -0.3 is 15.7 Å². The van der Waals surface area contributed by atoms with Crippen molar-refractivity contribution in [2.75, 3.05) is 5.73 Å². The van der Waals surface area contributed by atoms with Crippen LogP contribution < -0.4 is 5.73 Å². The molecule has 0 aliphatic carbocycles. The Kier molecular flexibility index (Phi) is 2.88. The number of carbonyl (C=O) groups excluding carboxylic acids is 1. The van der Waals surface area contributed by atoms with E-state index in [4.69, 9.17) is 5.73 Å². The highest BCUT2D eigenvalue weighted by Crippen LogP contribution is 2.43. The van der Waals surface area contributed by atoms with Gasteiger partial charge in [0, 0.05) is 12.1 Å². The lowest BCUT2D eigenvalue weighted by Gasteiger charge is -2.23. The van der Waals surface area contributed by atoms with E-state index in [0.29, 0.717) is 12.8 Å². The second-order valence-corrected chi connectivity index (χ2v) is 5.39. The number of anilines is 1. The summed E-state index contributed by atoms with van der Waals surface area (Å²) >= 11 is 0. The Balaban J connectivity index is 1.92. The molecule has 0 saturated carbocycles. The Hall–Kier alpha value is -2.11. The summed E-state index contributed by atoms with van der Waals surface area (Å²) in [6, 6.07) is 3.74. The zero-order valence-electron chi connectivity index (χ0n) is 10.8. The number of fused-ring (bicyclic) bond motifs is 2. The summed E-state index contributed by atoms with van der Waals surface area (Å²) in [7, 11) is 0. The number of amides is 1. The van der Waals surface area contributed by atoms with Gasteiger partial charge in [-0.2, -0.15) is 0 Å². The molecule has 106 valence electrons. The summed E-state index contributed by atoms with van der Waals surface area (Å²) in [6.07, 6.45) is 1.96. The molecule has 6 heteroatoms. The molecule has 1 amide bonds. The number of carbonyl (C=O) groups is 2. The Morgan fingerprint density at radius 2 is 2.10 bits per heavy atom. The number of rotatable bonds is 2. The molecule has 3 N–H and O–H groups in total. The van der Waals surface area contributed by atoms with Gasteiger partial charge in [-0.15, -0.1) is 0 Å². The van der Waals surface area contributed by atoms with Crippen molar-refractivity contribution < 1.29 is 19.1 Å². The van der Waals surface area contributed by atoms with Gasteiger partial charge in [0.25, 0.3) is 5.91 Å². The number of halogens is 1. The van der Waals surface area contributed by atoms with Gasteiger partial charge in [-0.25, -0.2) is 4.39 Å². The van der Waals surface area contributed by atoms with Crippen molar-refractivity contribution in [3.63, 3.8) is 0 Å². The van der Waals surface area contributed by atoms with E-state index in [2.05, 4.69) is 0 Å². The first kappa shape index (κ1) is 12.9. The summed E-state index contributed by atoms with van der Waals surface area (Å²) in [5.74, 6) is -2.38. The summed E-state index contributed by atoms with van der Waals surface area (Å²) < 4.78 is 13.5. The molecule has 2 aliphatic heterocycles. The second kappa shape index (κ2) is 4.47. The van der Waals surface area contributed by atoms with Crippen LogP contribution >= 0.6 is 0 Å². The van der Waals surface area contributed by atoms with Crippen LogP contribution in [0.5, 0.6) is 0 Å². The molecule has 2 aliphatic rings. The van der Waals surface area contributed by atoms with Gasteiger partial charge in [-0.1, -0.05) is 6.07 Å². The first-order valence-electron chi connectivity index (χ1n) is 6.60. The van der Waals surface area contributed by atoms with Crippen LogP contribution in [0.25, 0.3) is 0 Å². The third-order valence-corrected chi connectivity index (χ3v) is 4.37. The van der Waals surface area contributed by atoms with Crippen LogP contribution in [0.2, 0.25) is 0 Å². The molecular weight excluding hydrogens is 263 g/mol. The molecule has 2 heterocycles. The average Bonchev–Trinajstić information content (AvgIpc) is 2.98. The van der Waals surface area contributed by atoms with Gasteiger partial charge in [0.1, 0.15) is 5.82 Å². The van der Waals surface area contributed by atoms with Crippen molar-refractivity contribution in [1.29, 1.82) is 0 Å². The molecule has 2 fully saturated rings. The third kappa shape index (κ3) is 1.75. The van der Waals surface area contributed by atoms with Crippen molar-refractivity contribution >= 4 is 17.6 Å². The van der Waals surface area contributed by atoms with E-state index >= 15 is 0 Å². The summed E-state index contributed by atoms with van der Waals surface area (Å²) in [5.41, 5.74) is 5.57. The molecule has 2 bridgehead atoms. The molecule has 2 saturated heterocycles. The maximum absolute atomic E-state index is 13.5. The summed E-state index contributed by atoms with van der Waals surface area (Å²) in [5, 5.41) is 9.18. The molecule has 0 spiro atoms. The maximum atomic E-state index is 13.5. The SMILES string of the molecule is Nc1c(F)cccc1C(=O)N1C2CCC1C(C(=O)O)C2. The number of nitrogens with zero attached hydrogens (tertiary/aromatic N) is 1. The molecule has 3 unspecified atom stereocenters. The number of benzene rings is 1. The van der Waals surface area contributed by atoms with Gasteiger partial charge in [0.15, 0.2) is 0 Å². The number of carboxylic acids is 1. The summed E-state index contributed by atoms with van der Waals surface area (Å²) in [6.45, 7) is 0. The molecule has 3 atom stereocenters. The smallest absolute Gasteiger partial charge is 0.308 e. The van der Waals surface area contributed by atoms with Crippen molar-refractivity contribution in [2.45, 2.75) is 31.3 Å². The highest BCUT2D eigenvalue weighted by atomic mass is 19.1. The minimum absolute atomic E-state index is 0.0729. The molecule has 3 rings (SSSR count). The predicted octanol–water partition coefficient (Wildman–Crippen LogP) is 1.49. The number of hydrogen-bond acceptors (Lipinski definition) is 3. The number of aliphatic carboxylic acids is 1. The van der Waals surface area contributed by atoms with E-state index in [-0.39, 0.29) is 29.2 Å². The van der Waals surface area contributed by atoms with Crippen LogP contribution in [0.3, 0.4) is 0 Å². The minimum atomic E-state index is -0.873. The normalized spacial score (nSPS) is 27.9. The Labute approximate surface area is 115 Å². The molecule has 20 heavy (non-hydrogen) atoms. The zero-order chi connectivity index (χ0) is 14.4. The van der Waals surface area contributed by atoms with Gasteiger partial charge in [-0.05, 0) is 31.4 Å². The van der Waals surface area contributed by atoms with Crippen LogP contribution in [-0.4, -0.2) is 34.0 Å². The van der Waals surface area contributed by atoms with E-state index in [1.54, 1.807) is 4.90 Å². The highest BCUT2D eigenvalue weighted by Gasteiger charge is 2.51. The first-order chi connectivity index (χ1) is 9.50. The maximum Gasteiger partial charge on any atom is 0.308 e. The fourth-order valence-corrected chi connectivity index (χ4v) is 3.43. The van der Waals surface area contributed by atoms with Crippen LogP contribution in [0.15, 0.2) is 18.2 Å². The number of para-hydroxylation sites is 1. The third-order valence-electron chi connectivity index (χ3n) is 4.37. The van der Waals surface area contributed by atoms with Gasteiger partial charge in [-0.3, -0.25) is 9.59 Å². The largest absolute Gasteiger partial charge is 0.481 e. The monoisotopic (exact) mass is 278 g/mol. The van der Waals surface area contributed by atoms with E-state index in [1.165, 1.54) is 18.2 Å². The van der Waals surface area contributed by atoms with Crippen LogP contribution in [-0.2, 0) is 4.79 Å². The molecule has 0 aromatic heterocycles. The number of hydrogen-bond donors (Lipinski definition) is 2. The Bertz CT molecular complexity index is 590. The lowest BCUT2D eigenvalue weighted by atomic mass is 9.89. The first-order valence-corrected chi connectivity index (χ1v) is 6.60. The van der Waals surface area contributed by atoms with Crippen molar-refractivity contribution in [2.24, 2.45) is 5.92 Å². The molecule has 0 radical (unpaired) electrons. The Morgan fingerprint density at radius 1 is 1.35 bits per heavy atom. The van der Waals surface area contributed by atoms with E-state index < -0.39 is 17.7 Å². The van der Waals surface area contributed by atoms with E-state index in [1.807, 2.05) is 0 Å². The topological polar surface area (TPSA) is 83.6 Å². The van der Waals surface area contributed by atoms with Crippen molar-refractivity contribution in [3.05, 3.63) is 29.6 Å². The zero-order valence-corrected chi connectivity index (χ0v) is 10.8. The van der Waals surface area contributed by atoms with Crippen LogP contribution in [0.4, 0.5) is 10.1 Å². The van der Waals surface area contributed by atoms with Gasteiger partial charge in [0.05, 0.1) is 17.2 Å². The highest BCUT2D eigenvalue weighted by molar-refractivity contribution is 6.00. The van der Waals surface area contributed by atoms with Crippen LogP contribution in [0.1, 0.15) is 29.6 Å². The molecule has 1 aromatic rings. The fourth-order valence-electron chi connectivity index (χ4n) is 3.43. The van der Waals surface area contributed by atoms with Gasteiger partial charge >= 0.3 is 5.97 Å².